The highest BCUT2D eigenvalue weighted by molar-refractivity contribution is 7.92. The Morgan fingerprint density at radius 2 is 1.83 bits per heavy atom. The van der Waals surface area contributed by atoms with Crippen molar-refractivity contribution < 1.29 is 18.1 Å². The Hall–Kier alpha value is -2.61. The van der Waals surface area contributed by atoms with Crippen LogP contribution in [0.4, 0.5) is 11.4 Å². The Bertz CT molecular complexity index is 862. The Kier molecular flexibility index (Phi) is 4.55. The summed E-state index contributed by atoms with van der Waals surface area (Å²) in [5.74, 6) is 0.371. The molecule has 0 aliphatic carbocycles. The van der Waals surface area contributed by atoms with Gasteiger partial charge in [-0.05, 0) is 37.6 Å². The maximum absolute atomic E-state index is 12.5. The third-order valence-corrected chi connectivity index (χ3v) is 4.65. The van der Waals surface area contributed by atoms with Gasteiger partial charge >= 0.3 is 0 Å². The van der Waals surface area contributed by atoms with Crippen molar-refractivity contribution in [1.29, 1.82) is 0 Å². The van der Waals surface area contributed by atoms with Crippen molar-refractivity contribution in [1.82, 2.24) is 0 Å². The predicted molar refractivity (Wildman–Crippen MR) is 86.4 cm³/mol. The third-order valence-electron chi connectivity index (χ3n) is 3.29. The van der Waals surface area contributed by atoms with Crippen LogP contribution in [-0.4, -0.2) is 20.5 Å². The van der Waals surface area contributed by atoms with Gasteiger partial charge < -0.3 is 4.74 Å². The third kappa shape index (κ3) is 3.59. The summed E-state index contributed by atoms with van der Waals surface area (Å²) in [6.07, 6.45) is 0. The molecule has 0 spiro atoms. The number of benzene rings is 2. The number of hydrogen-bond acceptors (Lipinski definition) is 5. The lowest BCUT2D eigenvalue weighted by molar-refractivity contribution is -0.385. The molecule has 0 aliphatic rings. The Morgan fingerprint density at radius 1 is 1.13 bits per heavy atom. The van der Waals surface area contributed by atoms with E-state index < -0.39 is 14.9 Å². The average Bonchev–Trinajstić information content (AvgIpc) is 2.48. The van der Waals surface area contributed by atoms with Gasteiger partial charge in [0.15, 0.2) is 0 Å². The van der Waals surface area contributed by atoms with Gasteiger partial charge in [-0.3, -0.25) is 14.8 Å². The van der Waals surface area contributed by atoms with E-state index in [0.29, 0.717) is 11.3 Å². The first-order valence-electron chi connectivity index (χ1n) is 6.67. The molecule has 7 nitrogen and oxygen atoms in total. The molecule has 2 rings (SSSR count). The van der Waals surface area contributed by atoms with Crippen LogP contribution in [0.3, 0.4) is 0 Å². The molecule has 0 aromatic heterocycles. The number of nitro groups is 1. The second kappa shape index (κ2) is 6.25. The summed E-state index contributed by atoms with van der Waals surface area (Å²) in [5.41, 5.74) is 1.32. The van der Waals surface area contributed by atoms with Gasteiger partial charge in [-0.25, -0.2) is 8.42 Å². The number of methoxy groups -OCH3 is 1. The molecule has 2 aromatic carbocycles. The zero-order chi connectivity index (χ0) is 17.2. The SMILES string of the molecule is COc1cc(C)ccc1NS(=O)(=O)c1ccc(C)c([N+](=O)[O-])c1. The number of anilines is 1. The minimum atomic E-state index is -3.97. The number of nitrogens with one attached hydrogen (secondary N) is 1. The quantitative estimate of drug-likeness (QED) is 0.668. The van der Waals surface area contributed by atoms with Gasteiger partial charge in [0.2, 0.25) is 0 Å². The topological polar surface area (TPSA) is 98.5 Å². The Labute approximate surface area is 134 Å². The molecular formula is C15H16N2O5S. The molecule has 0 amide bonds. The second-order valence-electron chi connectivity index (χ2n) is 5.01. The number of ether oxygens (including phenoxy) is 1. The van der Waals surface area contributed by atoms with Gasteiger partial charge in [-0.15, -0.1) is 0 Å². The van der Waals surface area contributed by atoms with E-state index >= 15 is 0 Å². The van der Waals surface area contributed by atoms with Crippen molar-refractivity contribution in [3.63, 3.8) is 0 Å². The lowest BCUT2D eigenvalue weighted by Crippen LogP contribution is -2.14. The summed E-state index contributed by atoms with van der Waals surface area (Å²) >= 11 is 0. The van der Waals surface area contributed by atoms with Crippen LogP contribution in [0, 0.1) is 24.0 Å². The first-order chi connectivity index (χ1) is 10.7. The van der Waals surface area contributed by atoms with E-state index in [1.54, 1.807) is 25.1 Å². The minimum absolute atomic E-state index is 0.183. The van der Waals surface area contributed by atoms with Crippen LogP contribution in [-0.2, 0) is 10.0 Å². The van der Waals surface area contributed by atoms with E-state index in [4.69, 9.17) is 4.74 Å². The van der Waals surface area contributed by atoms with Crippen LogP contribution in [0.2, 0.25) is 0 Å². The van der Waals surface area contributed by atoms with Gasteiger partial charge in [0.25, 0.3) is 15.7 Å². The zero-order valence-electron chi connectivity index (χ0n) is 12.9. The largest absolute Gasteiger partial charge is 0.495 e. The highest BCUT2D eigenvalue weighted by Crippen LogP contribution is 2.29. The molecule has 0 aliphatic heterocycles. The molecular weight excluding hydrogens is 320 g/mol. The molecule has 0 heterocycles. The van der Waals surface area contributed by atoms with E-state index in [2.05, 4.69) is 4.72 Å². The maximum Gasteiger partial charge on any atom is 0.273 e. The van der Waals surface area contributed by atoms with Crippen molar-refractivity contribution in [2.45, 2.75) is 18.7 Å². The van der Waals surface area contributed by atoms with Gasteiger partial charge in [-0.1, -0.05) is 12.1 Å². The van der Waals surface area contributed by atoms with Crippen molar-refractivity contribution in [3.8, 4) is 5.75 Å². The summed E-state index contributed by atoms with van der Waals surface area (Å²) in [6, 6.07) is 8.77. The summed E-state index contributed by atoms with van der Waals surface area (Å²) in [6.45, 7) is 3.40. The van der Waals surface area contributed by atoms with Gasteiger partial charge in [0, 0.05) is 11.6 Å². The molecule has 0 saturated carbocycles. The standard InChI is InChI=1S/C15H16N2O5S/c1-10-4-7-13(15(8-10)22-3)16-23(20,21)12-6-5-11(2)14(9-12)17(18)19/h4-9,16H,1-3H3. The number of hydrogen-bond donors (Lipinski definition) is 1. The molecule has 0 atom stereocenters. The van der Waals surface area contributed by atoms with Gasteiger partial charge in [-0.2, -0.15) is 0 Å². The summed E-state index contributed by atoms with van der Waals surface area (Å²) < 4.78 is 32.4. The molecule has 1 N–H and O–H groups in total. The number of aryl methyl sites for hydroxylation is 2. The van der Waals surface area contributed by atoms with Crippen LogP contribution in [0.15, 0.2) is 41.3 Å². The second-order valence-corrected chi connectivity index (χ2v) is 6.70. The zero-order valence-corrected chi connectivity index (χ0v) is 13.7. The number of rotatable bonds is 5. The van der Waals surface area contributed by atoms with Crippen molar-refractivity contribution in [3.05, 3.63) is 57.6 Å². The molecule has 0 fully saturated rings. The molecule has 122 valence electrons. The van der Waals surface area contributed by atoms with E-state index in [9.17, 15) is 18.5 Å². The first-order valence-corrected chi connectivity index (χ1v) is 8.15. The molecule has 0 saturated heterocycles. The summed E-state index contributed by atoms with van der Waals surface area (Å²) in [5, 5.41) is 11.0. The fourth-order valence-corrected chi connectivity index (χ4v) is 3.13. The highest BCUT2D eigenvalue weighted by Gasteiger charge is 2.21. The fourth-order valence-electron chi connectivity index (χ4n) is 2.04. The van der Waals surface area contributed by atoms with Gasteiger partial charge in [0.05, 0.1) is 22.6 Å². The van der Waals surface area contributed by atoms with Crippen LogP contribution in [0.1, 0.15) is 11.1 Å². The fraction of sp³-hybridized carbons (Fsp3) is 0.200. The number of nitro benzene ring substituents is 1. The van der Waals surface area contributed by atoms with Gasteiger partial charge in [0.1, 0.15) is 5.75 Å². The molecule has 2 aromatic rings. The maximum atomic E-state index is 12.5. The summed E-state index contributed by atoms with van der Waals surface area (Å²) in [7, 11) is -2.53. The van der Waals surface area contributed by atoms with Crippen LogP contribution < -0.4 is 9.46 Å². The van der Waals surface area contributed by atoms with Crippen molar-refractivity contribution >= 4 is 21.4 Å². The van der Waals surface area contributed by atoms with E-state index in [1.165, 1.54) is 19.2 Å². The molecule has 0 unspecified atom stereocenters. The van der Waals surface area contributed by atoms with Crippen molar-refractivity contribution in [2.75, 3.05) is 11.8 Å². The first kappa shape index (κ1) is 16.8. The monoisotopic (exact) mass is 336 g/mol. The number of nitrogens with zero attached hydrogens (tertiary/aromatic N) is 1. The minimum Gasteiger partial charge on any atom is -0.495 e. The number of sulfonamides is 1. The lowest BCUT2D eigenvalue weighted by atomic mass is 10.2. The average molecular weight is 336 g/mol. The van der Waals surface area contributed by atoms with Crippen LogP contribution in [0.5, 0.6) is 5.75 Å². The van der Waals surface area contributed by atoms with E-state index in [1.807, 2.05) is 6.92 Å². The van der Waals surface area contributed by atoms with Crippen LogP contribution in [0.25, 0.3) is 0 Å². The van der Waals surface area contributed by atoms with E-state index in [0.717, 1.165) is 11.6 Å². The Balaban J connectivity index is 2.44. The summed E-state index contributed by atoms with van der Waals surface area (Å²) in [4.78, 5) is 10.2. The lowest BCUT2D eigenvalue weighted by Gasteiger charge is -2.12. The normalized spacial score (nSPS) is 11.1. The van der Waals surface area contributed by atoms with E-state index in [-0.39, 0.29) is 16.3 Å². The molecule has 0 bridgehead atoms. The highest BCUT2D eigenvalue weighted by atomic mass is 32.2. The van der Waals surface area contributed by atoms with Crippen molar-refractivity contribution in [2.24, 2.45) is 0 Å². The Morgan fingerprint density at radius 3 is 2.43 bits per heavy atom. The molecule has 0 radical (unpaired) electrons. The molecule has 23 heavy (non-hydrogen) atoms. The smallest absolute Gasteiger partial charge is 0.273 e. The predicted octanol–water partition coefficient (Wildman–Crippen LogP) is 3.02. The van der Waals surface area contributed by atoms with Crippen LogP contribution >= 0.6 is 0 Å². The molecule has 8 heteroatoms.